The first-order chi connectivity index (χ1) is 9.90. The molecule has 0 aliphatic heterocycles. The third kappa shape index (κ3) is 2.59. The minimum Gasteiger partial charge on any atom is -0.502 e. The highest BCUT2D eigenvalue weighted by Gasteiger charge is 2.23. The molecule has 1 atom stereocenters. The summed E-state index contributed by atoms with van der Waals surface area (Å²) in [5.74, 6) is 0. The molecule has 0 saturated carbocycles. The number of nitrogens with one attached hydrogen (secondary N) is 2. The van der Waals surface area contributed by atoms with E-state index in [-0.39, 0.29) is 0 Å². The molecule has 0 spiro atoms. The lowest BCUT2D eigenvalue weighted by atomic mass is 9.91. The normalized spacial score (nSPS) is 17.9. The summed E-state index contributed by atoms with van der Waals surface area (Å²) in [5.41, 5.74) is 4.16. The van der Waals surface area contributed by atoms with Gasteiger partial charge in [0.15, 0.2) is 0 Å². The summed E-state index contributed by atoms with van der Waals surface area (Å²) in [4.78, 5) is 3.61. The van der Waals surface area contributed by atoms with Crippen LogP contribution in [0.5, 0.6) is 0 Å². The Balaban J connectivity index is 1.71. The lowest BCUT2D eigenvalue weighted by Gasteiger charge is -2.24. The molecular weight excluding hydrogens is 248 g/mol. The van der Waals surface area contributed by atoms with E-state index in [1.165, 1.54) is 47.7 Å². The molecule has 0 bridgehead atoms. The van der Waals surface area contributed by atoms with E-state index in [0.717, 1.165) is 19.6 Å². The molecule has 0 fully saturated rings. The van der Waals surface area contributed by atoms with Crippen LogP contribution in [0.25, 0.3) is 10.9 Å². The van der Waals surface area contributed by atoms with Gasteiger partial charge >= 0.3 is 0 Å². The van der Waals surface area contributed by atoms with Gasteiger partial charge in [-0.2, -0.15) is 0 Å². The number of hydrogen-bond acceptors (Lipinski definition) is 2. The molecule has 2 aromatic rings. The van der Waals surface area contributed by atoms with Crippen molar-refractivity contribution in [2.75, 3.05) is 13.2 Å². The van der Waals surface area contributed by atoms with Crippen molar-refractivity contribution < 1.29 is 4.74 Å². The molecule has 20 heavy (non-hydrogen) atoms. The summed E-state index contributed by atoms with van der Waals surface area (Å²) in [5, 5.41) is 5.04. The van der Waals surface area contributed by atoms with Gasteiger partial charge in [-0.1, -0.05) is 24.8 Å². The van der Waals surface area contributed by atoms with E-state index < -0.39 is 0 Å². The lowest BCUT2D eigenvalue weighted by Crippen LogP contribution is -2.26. The van der Waals surface area contributed by atoms with Gasteiger partial charge in [-0.15, -0.1) is 0 Å². The third-order valence-corrected chi connectivity index (χ3v) is 4.06. The number of rotatable bonds is 6. The van der Waals surface area contributed by atoms with Gasteiger partial charge in [-0.05, 0) is 43.9 Å². The quantitative estimate of drug-likeness (QED) is 0.620. The number of ether oxygens (including phenoxy) is 1. The van der Waals surface area contributed by atoms with E-state index in [4.69, 9.17) is 4.74 Å². The van der Waals surface area contributed by atoms with Gasteiger partial charge in [0.25, 0.3) is 0 Å². The fourth-order valence-electron chi connectivity index (χ4n) is 3.13. The molecule has 0 saturated heterocycles. The van der Waals surface area contributed by atoms with Crippen LogP contribution in [0.15, 0.2) is 37.1 Å². The first kappa shape index (κ1) is 13.3. The van der Waals surface area contributed by atoms with Crippen molar-refractivity contribution in [2.45, 2.75) is 31.7 Å². The highest BCUT2D eigenvalue weighted by Crippen LogP contribution is 2.34. The van der Waals surface area contributed by atoms with Crippen molar-refractivity contribution in [1.29, 1.82) is 0 Å². The van der Waals surface area contributed by atoms with E-state index >= 15 is 0 Å². The minimum atomic E-state index is 0.454. The molecule has 3 nitrogen and oxygen atoms in total. The van der Waals surface area contributed by atoms with E-state index in [2.05, 4.69) is 41.1 Å². The molecule has 0 radical (unpaired) electrons. The molecule has 106 valence electrons. The van der Waals surface area contributed by atoms with Gasteiger partial charge in [-0.25, -0.2) is 0 Å². The molecule has 3 rings (SSSR count). The van der Waals surface area contributed by atoms with Crippen molar-refractivity contribution in [2.24, 2.45) is 0 Å². The summed E-state index contributed by atoms with van der Waals surface area (Å²) >= 11 is 0. The Morgan fingerprint density at radius 2 is 2.30 bits per heavy atom. The Hall–Kier alpha value is -1.74. The van der Waals surface area contributed by atoms with E-state index in [1.807, 2.05) is 0 Å². The molecule has 3 heteroatoms. The van der Waals surface area contributed by atoms with E-state index in [0.29, 0.717) is 6.04 Å². The van der Waals surface area contributed by atoms with Gasteiger partial charge < -0.3 is 15.0 Å². The second-order valence-electron chi connectivity index (χ2n) is 5.35. The maximum Gasteiger partial charge on any atom is 0.0885 e. The third-order valence-electron chi connectivity index (χ3n) is 4.06. The van der Waals surface area contributed by atoms with E-state index in [9.17, 15) is 0 Å². The first-order valence-corrected chi connectivity index (χ1v) is 7.45. The van der Waals surface area contributed by atoms with Crippen molar-refractivity contribution in [3.63, 3.8) is 0 Å². The topological polar surface area (TPSA) is 37.0 Å². The SMILES string of the molecule is C=COCCCNC1CCCc2c1[nH]c1ccccc21. The number of fused-ring (bicyclic) bond motifs is 3. The number of aromatic amines is 1. The standard InChI is InChI=1S/C17H22N2O/c1-2-20-12-6-11-18-16-10-5-8-14-13-7-3-4-9-15(13)19-17(14)16/h2-4,7,9,16,18-19H,1,5-6,8,10-12H2. The molecule has 1 heterocycles. The van der Waals surface area contributed by atoms with Crippen molar-refractivity contribution in [1.82, 2.24) is 10.3 Å². The van der Waals surface area contributed by atoms with Crippen LogP contribution >= 0.6 is 0 Å². The van der Waals surface area contributed by atoms with Gasteiger partial charge in [0.2, 0.25) is 0 Å². The number of H-pyrrole nitrogens is 1. The smallest absolute Gasteiger partial charge is 0.0885 e. The van der Waals surface area contributed by atoms with Crippen molar-refractivity contribution in [3.8, 4) is 0 Å². The maximum absolute atomic E-state index is 5.16. The number of benzene rings is 1. The lowest BCUT2D eigenvalue weighted by molar-refractivity contribution is 0.242. The molecule has 0 amide bonds. The predicted molar refractivity (Wildman–Crippen MR) is 82.7 cm³/mol. The Bertz CT molecular complexity index is 588. The molecular formula is C17H22N2O. The summed E-state index contributed by atoms with van der Waals surface area (Å²) in [6, 6.07) is 9.07. The Labute approximate surface area is 120 Å². The predicted octanol–water partition coefficient (Wildman–Crippen LogP) is 3.69. The Morgan fingerprint density at radius 1 is 1.40 bits per heavy atom. The fourth-order valence-corrected chi connectivity index (χ4v) is 3.13. The summed E-state index contributed by atoms with van der Waals surface area (Å²) in [6.45, 7) is 5.27. The summed E-state index contributed by atoms with van der Waals surface area (Å²) in [6.07, 6.45) is 6.18. The van der Waals surface area contributed by atoms with Crippen LogP contribution in [0.1, 0.15) is 36.6 Å². The van der Waals surface area contributed by atoms with Gasteiger partial charge in [0.1, 0.15) is 0 Å². The largest absolute Gasteiger partial charge is 0.502 e. The van der Waals surface area contributed by atoms with Crippen LogP contribution in [0.4, 0.5) is 0 Å². The molecule has 1 aliphatic carbocycles. The van der Waals surface area contributed by atoms with Crippen molar-refractivity contribution in [3.05, 3.63) is 48.4 Å². The zero-order valence-electron chi connectivity index (χ0n) is 11.8. The number of para-hydroxylation sites is 1. The average Bonchev–Trinajstić information content (AvgIpc) is 2.87. The first-order valence-electron chi connectivity index (χ1n) is 7.45. The van der Waals surface area contributed by atoms with Gasteiger partial charge in [-0.3, -0.25) is 0 Å². The second-order valence-corrected chi connectivity index (χ2v) is 5.35. The maximum atomic E-state index is 5.16. The van der Waals surface area contributed by atoms with Crippen molar-refractivity contribution >= 4 is 10.9 Å². The summed E-state index contributed by atoms with van der Waals surface area (Å²) < 4.78 is 5.16. The minimum absolute atomic E-state index is 0.454. The second kappa shape index (κ2) is 6.14. The highest BCUT2D eigenvalue weighted by molar-refractivity contribution is 5.85. The zero-order chi connectivity index (χ0) is 13.8. The molecule has 1 unspecified atom stereocenters. The molecule has 1 aliphatic rings. The van der Waals surface area contributed by atoms with Crippen LogP contribution in [0.3, 0.4) is 0 Å². The highest BCUT2D eigenvalue weighted by atomic mass is 16.5. The van der Waals surface area contributed by atoms with E-state index in [1.54, 1.807) is 0 Å². The molecule has 1 aromatic heterocycles. The van der Waals surface area contributed by atoms with Crippen LogP contribution in [0.2, 0.25) is 0 Å². The Morgan fingerprint density at radius 3 is 3.20 bits per heavy atom. The monoisotopic (exact) mass is 270 g/mol. The van der Waals surface area contributed by atoms with Crippen LogP contribution in [0, 0.1) is 0 Å². The number of aryl methyl sites for hydroxylation is 1. The Kier molecular flexibility index (Phi) is 4.07. The van der Waals surface area contributed by atoms with Crippen LogP contribution < -0.4 is 5.32 Å². The average molecular weight is 270 g/mol. The molecule has 1 aromatic carbocycles. The van der Waals surface area contributed by atoms with Crippen LogP contribution in [-0.4, -0.2) is 18.1 Å². The number of aromatic nitrogens is 1. The summed E-state index contributed by atoms with van der Waals surface area (Å²) in [7, 11) is 0. The number of hydrogen-bond donors (Lipinski definition) is 2. The molecule has 2 N–H and O–H groups in total. The van der Waals surface area contributed by atoms with Gasteiger partial charge in [0.05, 0.1) is 12.9 Å². The van der Waals surface area contributed by atoms with Crippen LogP contribution in [-0.2, 0) is 11.2 Å². The fraction of sp³-hybridized carbons (Fsp3) is 0.412. The van der Waals surface area contributed by atoms with Gasteiger partial charge in [0, 0.05) is 22.6 Å². The zero-order valence-corrected chi connectivity index (χ0v) is 11.8.